The SMILES string of the molecule is COc1ccc2[nH]cc(CCNC(=O)C(CCSC)Nc3ccc4c(cc3=O)C(NC(C)=O)CCc3cc(OC)c(OC)c(OC)c3-4)c2c1. The van der Waals surface area contributed by atoms with E-state index in [1.807, 2.05) is 42.8 Å². The van der Waals surface area contributed by atoms with Gasteiger partial charge in [-0.3, -0.25) is 14.4 Å². The molecule has 2 atom stereocenters. The third-order valence-corrected chi connectivity index (χ3v) is 9.48. The molecule has 5 rings (SSSR count). The van der Waals surface area contributed by atoms with Crippen LogP contribution in [0.1, 0.15) is 42.5 Å². The Labute approximate surface area is 290 Å². The average Bonchev–Trinajstić information content (AvgIpc) is 3.36. The minimum Gasteiger partial charge on any atom is -0.497 e. The van der Waals surface area contributed by atoms with Gasteiger partial charge in [0, 0.05) is 36.1 Å². The molecule has 0 bridgehead atoms. The van der Waals surface area contributed by atoms with Gasteiger partial charge in [-0.1, -0.05) is 6.07 Å². The number of carbonyl (C=O) groups excluding carboxylic acids is 2. The molecule has 49 heavy (non-hydrogen) atoms. The van der Waals surface area contributed by atoms with Crippen molar-refractivity contribution in [1.29, 1.82) is 0 Å². The van der Waals surface area contributed by atoms with E-state index in [9.17, 15) is 14.4 Å². The van der Waals surface area contributed by atoms with Crippen LogP contribution in [0.3, 0.4) is 0 Å². The van der Waals surface area contributed by atoms with Gasteiger partial charge < -0.3 is 39.9 Å². The van der Waals surface area contributed by atoms with Crippen LogP contribution in [0, 0.1) is 0 Å². The zero-order chi connectivity index (χ0) is 35.1. The quantitative estimate of drug-likeness (QED) is 0.140. The summed E-state index contributed by atoms with van der Waals surface area (Å²) in [5, 5.41) is 10.4. The van der Waals surface area contributed by atoms with Gasteiger partial charge in [-0.05, 0) is 96.3 Å². The maximum Gasteiger partial charge on any atom is 0.242 e. The highest BCUT2D eigenvalue weighted by Crippen LogP contribution is 2.50. The molecule has 4 aromatic rings. The lowest BCUT2D eigenvalue weighted by molar-refractivity contribution is -0.122. The zero-order valence-electron chi connectivity index (χ0n) is 28.8. The number of anilines is 1. The summed E-state index contributed by atoms with van der Waals surface area (Å²) >= 11 is 1.63. The Morgan fingerprint density at radius 1 is 1.00 bits per heavy atom. The molecule has 1 aromatic heterocycles. The molecule has 0 saturated carbocycles. The fourth-order valence-corrected chi connectivity index (χ4v) is 6.93. The molecule has 2 amide bonds. The second-order valence-corrected chi connectivity index (χ2v) is 12.8. The summed E-state index contributed by atoms with van der Waals surface area (Å²) in [5.41, 5.74) is 5.11. The summed E-state index contributed by atoms with van der Waals surface area (Å²) in [7, 11) is 6.31. The van der Waals surface area contributed by atoms with Gasteiger partial charge in [0.15, 0.2) is 11.5 Å². The molecule has 1 aliphatic rings. The number of aryl methyl sites for hydroxylation is 1. The fraction of sp³-hybridized carbons (Fsp3) is 0.378. The van der Waals surface area contributed by atoms with Gasteiger partial charge in [-0.25, -0.2) is 0 Å². The van der Waals surface area contributed by atoms with Crippen LogP contribution in [-0.2, 0) is 22.4 Å². The van der Waals surface area contributed by atoms with Gasteiger partial charge in [-0.15, -0.1) is 0 Å². The van der Waals surface area contributed by atoms with Gasteiger partial charge >= 0.3 is 0 Å². The standard InChI is InChI=1S/C37H44N4O7S/c1-21(42)40-29-10-7-22-17-33(46-3)35(47-4)36(48-5)34(22)25-9-12-30(32(43)19-27(25)29)41-31(14-16-49-6)37(44)38-15-13-23-20-39-28-11-8-24(45-2)18-26(23)28/h8-9,11-12,17-20,29,31,39H,7,10,13-16H2,1-6H3,(H,38,44)(H,40,42)(H,41,43). The molecule has 11 nitrogen and oxygen atoms in total. The van der Waals surface area contributed by atoms with Crippen LogP contribution >= 0.6 is 11.8 Å². The van der Waals surface area contributed by atoms with E-state index in [0.29, 0.717) is 60.8 Å². The minimum absolute atomic E-state index is 0.195. The molecule has 1 heterocycles. The van der Waals surface area contributed by atoms with Crippen molar-refractivity contribution in [2.75, 3.05) is 52.3 Å². The van der Waals surface area contributed by atoms with Crippen LogP contribution in [0.25, 0.3) is 22.0 Å². The summed E-state index contributed by atoms with van der Waals surface area (Å²) in [5.74, 6) is 2.51. The minimum atomic E-state index is -0.650. The molecule has 260 valence electrons. The number of fused-ring (bicyclic) bond motifs is 4. The van der Waals surface area contributed by atoms with Gasteiger partial charge in [0.05, 0.1) is 40.2 Å². The fourth-order valence-electron chi connectivity index (χ4n) is 6.45. The number of ether oxygens (including phenoxy) is 4. The van der Waals surface area contributed by atoms with Gasteiger partial charge in [0.25, 0.3) is 0 Å². The van der Waals surface area contributed by atoms with Gasteiger partial charge in [-0.2, -0.15) is 11.8 Å². The molecule has 0 saturated heterocycles. The first-order valence-electron chi connectivity index (χ1n) is 16.2. The first kappa shape index (κ1) is 35.5. The Morgan fingerprint density at radius 2 is 1.80 bits per heavy atom. The van der Waals surface area contributed by atoms with E-state index in [1.165, 1.54) is 6.92 Å². The molecule has 0 radical (unpaired) electrons. The molecule has 4 N–H and O–H groups in total. The number of benzene rings is 2. The lowest BCUT2D eigenvalue weighted by Gasteiger charge is -2.19. The second kappa shape index (κ2) is 16.0. The van der Waals surface area contributed by atoms with Crippen molar-refractivity contribution < 1.29 is 28.5 Å². The second-order valence-electron chi connectivity index (χ2n) is 11.8. The van der Waals surface area contributed by atoms with E-state index >= 15 is 0 Å². The molecule has 2 unspecified atom stereocenters. The summed E-state index contributed by atoms with van der Waals surface area (Å²) in [6.07, 6.45) is 6.20. The predicted octanol–water partition coefficient (Wildman–Crippen LogP) is 5.25. The summed E-state index contributed by atoms with van der Waals surface area (Å²) < 4.78 is 22.6. The third kappa shape index (κ3) is 7.75. The molecule has 0 spiro atoms. The number of hydrogen-bond acceptors (Lipinski definition) is 9. The zero-order valence-corrected chi connectivity index (χ0v) is 29.6. The van der Waals surface area contributed by atoms with E-state index < -0.39 is 12.1 Å². The molecule has 3 aromatic carbocycles. The lowest BCUT2D eigenvalue weighted by Crippen LogP contribution is -2.41. The van der Waals surface area contributed by atoms with Crippen molar-refractivity contribution in [3.8, 4) is 34.1 Å². The maximum atomic E-state index is 13.9. The van der Waals surface area contributed by atoms with Crippen LogP contribution in [0.4, 0.5) is 5.69 Å². The number of thioether (sulfide) groups is 1. The van der Waals surface area contributed by atoms with Crippen LogP contribution in [0.2, 0.25) is 0 Å². The highest BCUT2D eigenvalue weighted by atomic mass is 32.2. The van der Waals surface area contributed by atoms with Crippen LogP contribution in [0.5, 0.6) is 23.0 Å². The molecule has 0 aliphatic heterocycles. The Morgan fingerprint density at radius 3 is 2.49 bits per heavy atom. The van der Waals surface area contributed by atoms with Crippen molar-refractivity contribution in [1.82, 2.24) is 15.6 Å². The summed E-state index contributed by atoms with van der Waals surface area (Å²) in [6.45, 7) is 1.88. The van der Waals surface area contributed by atoms with E-state index in [2.05, 4.69) is 20.9 Å². The molecule has 1 aliphatic carbocycles. The summed E-state index contributed by atoms with van der Waals surface area (Å²) in [6, 6.07) is 11.8. The van der Waals surface area contributed by atoms with E-state index in [1.54, 1.807) is 52.3 Å². The number of H-pyrrole nitrogens is 1. The van der Waals surface area contributed by atoms with Crippen LogP contribution < -0.4 is 40.3 Å². The molecular formula is C37H44N4O7S. The molecule has 12 heteroatoms. The van der Waals surface area contributed by atoms with Gasteiger partial charge in [0.1, 0.15) is 11.8 Å². The monoisotopic (exact) mass is 688 g/mol. The Balaban J connectivity index is 1.47. The number of amides is 2. The van der Waals surface area contributed by atoms with Crippen molar-refractivity contribution in [3.05, 3.63) is 75.6 Å². The number of carbonyl (C=O) groups is 2. The Kier molecular flexibility index (Phi) is 11.6. The van der Waals surface area contributed by atoms with Crippen molar-refractivity contribution in [2.45, 2.75) is 44.7 Å². The van der Waals surface area contributed by atoms with E-state index in [4.69, 9.17) is 18.9 Å². The van der Waals surface area contributed by atoms with Gasteiger partial charge in [0.2, 0.25) is 23.0 Å². The number of hydrogen-bond donors (Lipinski definition) is 4. The van der Waals surface area contributed by atoms with E-state index in [0.717, 1.165) is 38.9 Å². The number of rotatable bonds is 14. The number of methoxy groups -OCH3 is 4. The number of aromatic amines is 1. The number of aromatic nitrogens is 1. The largest absolute Gasteiger partial charge is 0.497 e. The van der Waals surface area contributed by atoms with Crippen molar-refractivity contribution in [3.63, 3.8) is 0 Å². The topological polar surface area (TPSA) is 140 Å². The summed E-state index contributed by atoms with van der Waals surface area (Å²) in [4.78, 5) is 43.1. The molecular weight excluding hydrogens is 644 g/mol. The van der Waals surface area contributed by atoms with Crippen LogP contribution in [0.15, 0.2) is 53.5 Å². The smallest absolute Gasteiger partial charge is 0.242 e. The van der Waals surface area contributed by atoms with Crippen LogP contribution in [-0.4, -0.2) is 69.8 Å². The average molecular weight is 689 g/mol. The van der Waals surface area contributed by atoms with E-state index in [-0.39, 0.29) is 22.9 Å². The normalized spacial score (nSPS) is 14.1. The first-order chi connectivity index (χ1) is 23.7. The first-order valence-corrected chi connectivity index (χ1v) is 17.6. The van der Waals surface area contributed by atoms with Crippen molar-refractivity contribution in [2.24, 2.45) is 0 Å². The molecule has 0 fully saturated rings. The predicted molar refractivity (Wildman–Crippen MR) is 195 cm³/mol. The highest BCUT2D eigenvalue weighted by Gasteiger charge is 2.30. The Bertz CT molecular complexity index is 1890. The van der Waals surface area contributed by atoms with Crippen molar-refractivity contribution >= 4 is 40.2 Å². The lowest BCUT2D eigenvalue weighted by atomic mass is 9.95. The Hall–Kier alpha value is -4.84. The third-order valence-electron chi connectivity index (χ3n) is 8.84. The number of nitrogens with one attached hydrogen (secondary N) is 4. The maximum absolute atomic E-state index is 13.9. The highest BCUT2D eigenvalue weighted by molar-refractivity contribution is 7.98.